The van der Waals surface area contributed by atoms with E-state index in [-0.39, 0.29) is 28.2 Å². The number of aryl methyl sites for hydroxylation is 1. The van der Waals surface area contributed by atoms with Crippen molar-refractivity contribution in [2.75, 3.05) is 18.5 Å². The third-order valence-electron chi connectivity index (χ3n) is 4.82. The molecular weight excluding hydrogens is 463 g/mol. The lowest BCUT2D eigenvalue weighted by molar-refractivity contribution is -0.141. The summed E-state index contributed by atoms with van der Waals surface area (Å²) in [5.74, 6) is -1.53. The predicted molar refractivity (Wildman–Crippen MR) is 113 cm³/mol. The maximum Gasteiger partial charge on any atom is 0.435 e. The van der Waals surface area contributed by atoms with Crippen LogP contribution in [0.15, 0.2) is 42.6 Å². The first-order valence-electron chi connectivity index (χ1n) is 9.74. The standard InChI is InChI=1S/C21H17ClF3N5O3/c1-11-4-2-5-13(19(31)27-9-12-10-33-12)17(11)28-20(32)15-8-16(21(23,24)25)29-30(15)18-14(22)6-3-7-26-18/h2-8,12H,9-10H2,1H3,(H,27,31)(H,28,32). The maximum absolute atomic E-state index is 13.4. The van der Waals surface area contributed by atoms with Crippen molar-refractivity contribution in [2.45, 2.75) is 19.2 Å². The number of alkyl halides is 3. The number of carbonyl (C=O) groups excluding carboxylic acids is 2. The first-order chi connectivity index (χ1) is 15.6. The minimum Gasteiger partial charge on any atom is -0.371 e. The number of nitrogens with one attached hydrogen (secondary N) is 2. The molecular formula is C21H17ClF3N5O3. The number of carbonyl (C=O) groups is 2. The number of epoxide rings is 1. The molecule has 12 heteroatoms. The van der Waals surface area contributed by atoms with Crippen molar-refractivity contribution in [2.24, 2.45) is 0 Å². The summed E-state index contributed by atoms with van der Waals surface area (Å²) in [5.41, 5.74) is -0.894. The number of para-hydroxylation sites is 1. The van der Waals surface area contributed by atoms with Crippen LogP contribution in [0, 0.1) is 6.92 Å². The molecule has 0 bridgehead atoms. The third-order valence-corrected chi connectivity index (χ3v) is 5.12. The zero-order valence-electron chi connectivity index (χ0n) is 17.1. The number of hydrogen-bond donors (Lipinski definition) is 2. The second-order valence-electron chi connectivity index (χ2n) is 7.25. The summed E-state index contributed by atoms with van der Waals surface area (Å²) in [6.07, 6.45) is -3.54. The first kappa shape index (κ1) is 22.7. The zero-order chi connectivity index (χ0) is 23.8. The fourth-order valence-corrected chi connectivity index (χ4v) is 3.27. The van der Waals surface area contributed by atoms with Crippen LogP contribution in [-0.4, -0.2) is 45.8 Å². The molecule has 1 aliphatic heterocycles. The normalized spacial score (nSPS) is 15.2. The highest BCUT2D eigenvalue weighted by molar-refractivity contribution is 6.32. The fourth-order valence-electron chi connectivity index (χ4n) is 3.06. The lowest BCUT2D eigenvalue weighted by Gasteiger charge is -2.14. The zero-order valence-corrected chi connectivity index (χ0v) is 17.9. The Labute approximate surface area is 190 Å². The van der Waals surface area contributed by atoms with Gasteiger partial charge in [-0.25, -0.2) is 9.67 Å². The van der Waals surface area contributed by atoms with Gasteiger partial charge in [0.2, 0.25) is 0 Å². The van der Waals surface area contributed by atoms with Gasteiger partial charge < -0.3 is 15.4 Å². The summed E-state index contributed by atoms with van der Waals surface area (Å²) < 4.78 is 45.8. The van der Waals surface area contributed by atoms with E-state index >= 15 is 0 Å². The molecule has 8 nitrogen and oxygen atoms in total. The van der Waals surface area contributed by atoms with E-state index in [2.05, 4.69) is 20.7 Å². The van der Waals surface area contributed by atoms with Gasteiger partial charge in [-0.1, -0.05) is 23.7 Å². The molecule has 0 spiro atoms. The van der Waals surface area contributed by atoms with Gasteiger partial charge in [-0.3, -0.25) is 9.59 Å². The van der Waals surface area contributed by atoms with E-state index in [0.717, 1.165) is 4.68 Å². The van der Waals surface area contributed by atoms with Gasteiger partial charge in [-0.2, -0.15) is 18.3 Å². The molecule has 4 rings (SSSR count). The highest BCUT2D eigenvalue weighted by Gasteiger charge is 2.37. The summed E-state index contributed by atoms with van der Waals surface area (Å²) >= 11 is 6.08. The van der Waals surface area contributed by atoms with Crippen molar-refractivity contribution in [3.63, 3.8) is 0 Å². The van der Waals surface area contributed by atoms with Crippen LogP contribution in [0.4, 0.5) is 18.9 Å². The monoisotopic (exact) mass is 479 g/mol. The molecule has 2 aromatic heterocycles. The topological polar surface area (TPSA) is 101 Å². The summed E-state index contributed by atoms with van der Waals surface area (Å²) in [5, 5.41) is 8.75. The fraction of sp³-hybridized carbons (Fsp3) is 0.238. The molecule has 1 atom stereocenters. The molecule has 0 aliphatic carbocycles. The number of anilines is 1. The molecule has 0 radical (unpaired) electrons. The molecule has 1 aromatic carbocycles. The minimum absolute atomic E-state index is 0.00151. The summed E-state index contributed by atoms with van der Waals surface area (Å²) in [4.78, 5) is 29.7. The van der Waals surface area contributed by atoms with Gasteiger partial charge in [0.15, 0.2) is 11.5 Å². The van der Waals surface area contributed by atoms with Gasteiger partial charge in [-0.05, 0) is 30.7 Å². The van der Waals surface area contributed by atoms with E-state index in [1.165, 1.54) is 24.4 Å². The van der Waals surface area contributed by atoms with Gasteiger partial charge in [0.1, 0.15) is 5.69 Å². The van der Waals surface area contributed by atoms with Gasteiger partial charge in [0.05, 0.1) is 29.0 Å². The highest BCUT2D eigenvalue weighted by atomic mass is 35.5. The molecule has 1 saturated heterocycles. The molecule has 0 saturated carbocycles. The lowest BCUT2D eigenvalue weighted by atomic mass is 10.1. The number of hydrogen-bond acceptors (Lipinski definition) is 5. The van der Waals surface area contributed by atoms with E-state index in [1.807, 2.05) is 0 Å². The Morgan fingerprint density at radius 3 is 2.67 bits per heavy atom. The largest absolute Gasteiger partial charge is 0.435 e. The van der Waals surface area contributed by atoms with E-state index in [1.54, 1.807) is 19.1 Å². The van der Waals surface area contributed by atoms with E-state index in [0.29, 0.717) is 24.8 Å². The molecule has 1 unspecified atom stereocenters. The Hall–Kier alpha value is -3.44. The maximum atomic E-state index is 13.4. The average molecular weight is 480 g/mol. The summed E-state index contributed by atoms with van der Waals surface area (Å²) in [6.45, 7) is 2.52. The lowest BCUT2D eigenvalue weighted by Crippen LogP contribution is -2.29. The Morgan fingerprint density at radius 2 is 2.00 bits per heavy atom. The SMILES string of the molecule is Cc1cccc(C(=O)NCC2CO2)c1NC(=O)c1cc(C(F)(F)F)nn1-c1ncccc1Cl. The third kappa shape index (κ3) is 4.99. The Balaban J connectivity index is 1.70. The number of benzene rings is 1. The van der Waals surface area contributed by atoms with Crippen molar-refractivity contribution >= 4 is 29.1 Å². The average Bonchev–Trinajstić information content (AvgIpc) is 3.48. The number of amides is 2. The van der Waals surface area contributed by atoms with Gasteiger partial charge >= 0.3 is 6.18 Å². The van der Waals surface area contributed by atoms with Crippen LogP contribution in [0.5, 0.6) is 0 Å². The van der Waals surface area contributed by atoms with Gasteiger partial charge in [0, 0.05) is 18.8 Å². The molecule has 3 heterocycles. The highest BCUT2D eigenvalue weighted by Crippen LogP contribution is 2.31. The van der Waals surface area contributed by atoms with E-state index in [4.69, 9.17) is 16.3 Å². The number of aromatic nitrogens is 3. The first-order valence-corrected chi connectivity index (χ1v) is 10.1. The molecule has 1 fully saturated rings. The number of nitrogens with zero attached hydrogens (tertiary/aromatic N) is 3. The second-order valence-corrected chi connectivity index (χ2v) is 7.66. The molecule has 172 valence electrons. The quantitative estimate of drug-likeness (QED) is 0.526. The summed E-state index contributed by atoms with van der Waals surface area (Å²) in [7, 11) is 0. The van der Waals surface area contributed by atoms with Crippen LogP contribution < -0.4 is 10.6 Å². The Morgan fingerprint density at radius 1 is 1.24 bits per heavy atom. The number of pyridine rings is 1. The van der Waals surface area contributed by atoms with Crippen LogP contribution in [0.3, 0.4) is 0 Å². The van der Waals surface area contributed by atoms with Crippen molar-refractivity contribution in [3.05, 3.63) is 70.1 Å². The molecule has 3 aromatic rings. The Bertz CT molecular complexity index is 1220. The van der Waals surface area contributed by atoms with Gasteiger partial charge in [0.25, 0.3) is 11.8 Å². The van der Waals surface area contributed by atoms with Gasteiger partial charge in [-0.15, -0.1) is 0 Å². The molecule has 33 heavy (non-hydrogen) atoms. The van der Waals surface area contributed by atoms with Crippen molar-refractivity contribution in [1.82, 2.24) is 20.1 Å². The molecule has 2 N–H and O–H groups in total. The minimum atomic E-state index is -4.81. The second kappa shape index (κ2) is 8.83. The van der Waals surface area contributed by atoms with Crippen LogP contribution in [0.25, 0.3) is 5.82 Å². The van der Waals surface area contributed by atoms with E-state index in [9.17, 15) is 22.8 Å². The van der Waals surface area contributed by atoms with Crippen LogP contribution in [-0.2, 0) is 10.9 Å². The molecule has 1 aliphatic rings. The predicted octanol–water partition coefficient (Wildman–Crippen LogP) is 3.63. The molecule has 2 amide bonds. The van der Waals surface area contributed by atoms with Crippen molar-refractivity contribution in [3.8, 4) is 5.82 Å². The number of rotatable bonds is 6. The Kier molecular flexibility index (Phi) is 6.09. The van der Waals surface area contributed by atoms with Crippen molar-refractivity contribution < 1.29 is 27.5 Å². The van der Waals surface area contributed by atoms with Crippen molar-refractivity contribution in [1.29, 1.82) is 0 Å². The summed E-state index contributed by atoms with van der Waals surface area (Å²) in [6, 6.07) is 8.29. The smallest absolute Gasteiger partial charge is 0.371 e. The van der Waals surface area contributed by atoms with E-state index < -0.39 is 29.4 Å². The van der Waals surface area contributed by atoms with Crippen LogP contribution >= 0.6 is 11.6 Å². The van der Waals surface area contributed by atoms with Crippen LogP contribution in [0.2, 0.25) is 5.02 Å². The number of halogens is 4. The number of ether oxygens (including phenoxy) is 1. The van der Waals surface area contributed by atoms with Crippen LogP contribution in [0.1, 0.15) is 32.1 Å².